The van der Waals surface area contributed by atoms with Crippen LogP contribution in [0, 0.1) is 5.92 Å². The van der Waals surface area contributed by atoms with Crippen molar-refractivity contribution in [1.82, 2.24) is 9.80 Å². The van der Waals surface area contributed by atoms with Crippen LogP contribution < -0.4 is 4.74 Å². The van der Waals surface area contributed by atoms with E-state index in [4.69, 9.17) is 24.5 Å². The number of ether oxygens (including phenoxy) is 1. The highest BCUT2D eigenvalue weighted by atomic mass is 19.4. The van der Waals surface area contributed by atoms with Gasteiger partial charge in [0.25, 0.3) is 0 Å². The number of hydrogen-bond acceptors (Lipinski definition) is 5. The number of piperazine rings is 1. The van der Waals surface area contributed by atoms with Crippen LogP contribution in [0.4, 0.5) is 26.3 Å². The van der Waals surface area contributed by atoms with Crippen molar-refractivity contribution in [3.05, 3.63) is 29.8 Å². The molecule has 0 atom stereocenters. The Balaban J connectivity index is 0.000000343. The van der Waals surface area contributed by atoms with Gasteiger partial charge in [0.1, 0.15) is 5.75 Å². The van der Waals surface area contributed by atoms with Gasteiger partial charge in [-0.1, -0.05) is 12.1 Å². The van der Waals surface area contributed by atoms with E-state index >= 15 is 0 Å². The molecule has 2 N–H and O–H groups in total. The molecule has 0 unspecified atom stereocenters. The Labute approximate surface area is 192 Å². The van der Waals surface area contributed by atoms with Gasteiger partial charge >= 0.3 is 24.3 Å². The Morgan fingerprint density at radius 2 is 1.41 bits per heavy atom. The van der Waals surface area contributed by atoms with Crippen LogP contribution in [0.3, 0.4) is 0 Å². The van der Waals surface area contributed by atoms with Crippen LogP contribution >= 0.6 is 0 Å². The first-order valence-corrected chi connectivity index (χ1v) is 10.4. The van der Waals surface area contributed by atoms with E-state index in [1.165, 1.54) is 57.7 Å². The minimum absolute atomic E-state index is 0.969. The number of carboxylic acid groups (broad SMARTS) is 2. The molecule has 1 heterocycles. The van der Waals surface area contributed by atoms with Gasteiger partial charge in [-0.3, -0.25) is 0 Å². The number of nitrogens with zero attached hydrogens (tertiary/aromatic N) is 2. The average molecular weight is 502 g/mol. The third kappa shape index (κ3) is 12.6. The molecule has 1 aliphatic carbocycles. The second-order valence-corrected chi connectivity index (χ2v) is 7.79. The molecule has 1 aromatic carbocycles. The maximum absolute atomic E-state index is 10.6. The number of halogens is 6. The van der Waals surface area contributed by atoms with Gasteiger partial charge in [0.2, 0.25) is 0 Å². The smallest absolute Gasteiger partial charge is 0.490 e. The summed E-state index contributed by atoms with van der Waals surface area (Å²) in [5.74, 6) is -3.52. The Morgan fingerprint density at radius 1 is 0.941 bits per heavy atom. The minimum Gasteiger partial charge on any atom is -0.497 e. The predicted molar refractivity (Wildman–Crippen MR) is 110 cm³/mol. The zero-order valence-corrected chi connectivity index (χ0v) is 18.5. The molecule has 0 aromatic heterocycles. The van der Waals surface area contributed by atoms with Gasteiger partial charge in [0.05, 0.1) is 7.11 Å². The lowest BCUT2D eigenvalue weighted by Crippen LogP contribution is -2.47. The van der Waals surface area contributed by atoms with E-state index in [2.05, 4.69) is 28.0 Å². The highest BCUT2D eigenvalue weighted by Gasteiger charge is 2.38. The maximum Gasteiger partial charge on any atom is 0.490 e. The van der Waals surface area contributed by atoms with Crippen LogP contribution in [0.15, 0.2) is 24.3 Å². The first-order valence-electron chi connectivity index (χ1n) is 10.4. The molecule has 2 fully saturated rings. The van der Waals surface area contributed by atoms with E-state index in [-0.39, 0.29) is 0 Å². The molecule has 2 aliphatic rings. The molecule has 3 rings (SSSR count). The summed E-state index contributed by atoms with van der Waals surface area (Å²) in [5, 5.41) is 14.2. The Hall–Kier alpha value is -2.54. The van der Waals surface area contributed by atoms with E-state index in [1.54, 1.807) is 7.11 Å². The van der Waals surface area contributed by atoms with Crippen LogP contribution in [-0.4, -0.2) is 90.7 Å². The highest BCUT2D eigenvalue weighted by molar-refractivity contribution is 5.73. The zero-order valence-electron chi connectivity index (χ0n) is 18.5. The quantitative estimate of drug-likeness (QED) is 0.576. The first-order chi connectivity index (χ1) is 15.7. The van der Waals surface area contributed by atoms with E-state index in [0.717, 1.165) is 18.1 Å². The number of aliphatic carboxylic acids is 2. The molecule has 0 amide bonds. The van der Waals surface area contributed by atoms with E-state index in [1.807, 2.05) is 6.07 Å². The number of hydrogen-bond donors (Lipinski definition) is 2. The maximum atomic E-state index is 10.6. The van der Waals surface area contributed by atoms with Crippen molar-refractivity contribution in [3.63, 3.8) is 0 Å². The lowest BCUT2D eigenvalue weighted by molar-refractivity contribution is -0.193. The number of methoxy groups -OCH3 is 1. The van der Waals surface area contributed by atoms with Gasteiger partial charge in [-0.25, -0.2) is 9.59 Å². The standard InChI is InChI=1S/C17H26N2O.2C2HF3O2/c1-20-17-4-2-3-15(13-17)7-8-18-9-11-19(12-10-18)14-16-5-6-16;2*3-2(4,5)1(6)7/h2-4,13,16H,5-12,14H2,1H3;2*(H,6,7). The van der Waals surface area contributed by atoms with Crippen molar-refractivity contribution >= 4 is 11.9 Å². The van der Waals surface area contributed by atoms with Crippen LogP contribution in [0.1, 0.15) is 18.4 Å². The molecule has 34 heavy (non-hydrogen) atoms. The van der Waals surface area contributed by atoms with Gasteiger partial charge < -0.3 is 24.7 Å². The number of benzene rings is 1. The summed E-state index contributed by atoms with van der Waals surface area (Å²) >= 11 is 0. The second-order valence-electron chi connectivity index (χ2n) is 7.79. The molecule has 0 radical (unpaired) electrons. The zero-order chi connectivity index (χ0) is 25.9. The predicted octanol–water partition coefficient (Wildman–Crippen LogP) is 3.53. The summed E-state index contributed by atoms with van der Waals surface area (Å²) < 4.78 is 68.8. The Bertz CT molecular complexity index is 752. The van der Waals surface area contributed by atoms with Crippen molar-refractivity contribution in [2.24, 2.45) is 5.92 Å². The molecule has 13 heteroatoms. The molecule has 1 aromatic rings. The summed E-state index contributed by atoms with van der Waals surface area (Å²) in [7, 11) is 1.73. The highest BCUT2D eigenvalue weighted by Crippen LogP contribution is 2.29. The third-order valence-corrected chi connectivity index (χ3v) is 5.01. The van der Waals surface area contributed by atoms with Crippen molar-refractivity contribution in [3.8, 4) is 5.75 Å². The summed E-state index contributed by atoms with van der Waals surface area (Å²) in [6, 6.07) is 8.46. The van der Waals surface area contributed by atoms with E-state index in [9.17, 15) is 26.3 Å². The van der Waals surface area contributed by atoms with Gasteiger partial charge in [-0.05, 0) is 42.9 Å². The minimum atomic E-state index is -5.08. The number of alkyl halides is 6. The van der Waals surface area contributed by atoms with Gasteiger partial charge in [-0.2, -0.15) is 26.3 Å². The lowest BCUT2D eigenvalue weighted by Gasteiger charge is -2.34. The lowest BCUT2D eigenvalue weighted by atomic mass is 10.1. The van der Waals surface area contributed by atoms with Crippen molar-refractivity contribution in [2.45, 2.75) is 31.6 Å². The van der Waals surface area contributed by atoms with Crippen LogP contribution in [0.2, 0.25) is 0 Å². The molecular weight excluding hydrogens is 474 g/mol. The molecule has 1 saturated heterocycles. The van der Waals surface area contributed by atoms with Crippen molar-refractivity contribution < 1.29 is 50.9 Å². The van der Waals surface area contributed by atoms with Crippen molar-refractivity contribution in [2.75, 3.05) is 46.4 Å². The number of rotatable bonds is 6. The normalized spacial score (nSPS) is 17.0. The number of carbonyl (C=O) groups is 2. The second kappa shape index (κ2) is 13.4. The third-order valence-electron chi connectivity index (χ3n) is 5.01. The van der Waals surface area contributed by atoms with E-state index in [0.29, 0.717) is 0 Å². The molecular formula is C21H28F6N2O5. The molecule has 1 saturated carbocycles. The fraction of sp³-hybridized carbons (Fsp3) is 0.619. The first kappa shape index (κ1) is 29.5. The van der Waals surface area contributed by atoms with Gasteiger partial charge in [-0.15, -0.1) is 0 Å². The average Bonchev–Trinajstić information content (AvgIpc) is 3.57. The summed E-state index contributed by atoms with van der Waals surface area (Å²) in [5.41, 5.74) is 1.38. The van der Waals surface area contributed by atoms with Gasteiger partial charge in [0.15, 0.2) is 0 Å². The topological polar surface area (TPSA) is 90.3 Å². The van der Waals surface area contributed by atoms with Crippen LogP contribution in [0.5, 0.6) is 5.75 Å². The van der Waals surface area contributed by atoms with Gasteiger partial charge in [0, 0.05) is 39.3 Å². The fourth-order valence-electron chi connectivity index (χ4n) is 2.98. The molecule has 0 spiro atoms. The summed E-state index contributed by atoms with van der Waals surface area (Å²) in [6.07, 6.45) is -6.11. The number of carboxylic acids is 2. The SMILES string of the molecule is COc1cccc(CCN2CCN(CC3CC3)CC2)c1.O=C(O)C(F)(F)F.O=C(O)C(F)(F)F. The molecule has 7 nitrogen and oxygen atoms in total. The molecule has 0 bridgehead atoms. The largest absolute Gasteiger partial charge is 0.497 e. The van der Waals surface area contributed by atoms with Crippen LogP contribution in [0.25, 0.3) is 0 Å². The summed E-state index contributed by atoms with van der Waals surface area (Å²) in [4.78, 5) is 23.0. The summed E-state index contributed by atoms with van der Waals surface area (Å²) in [6.45, 7) is 7.50. The van der Waals surface area contributed by atoms with Crippen LogP contribution in [-0.2, 0) is 16.0 Å². The Kier molecular flexibility index (Phi) is 11.6. The fourth-order valence-corrected chi connectivity index (χ4v) is 2.98. The Morgan fingerprint density at radius 3 is 1.82 bits per heavy atom. The van der Waals surface area contributed by atoms with E-state index < -0.39 is 24.3 Å². The van der Waals surface area contributed by atoms with Crippen molar-refractivity contribution in [1.29, 1.82) is 0 Å². The monoisotopic (exact) mass is 502 g/mol. The molecule has 1 aliphatic heterocycles. The molecule has 194 valence electrons.